The predicted octanol–water partition coefficient (Wildman–Crippen LogP) is 4.62. The standard InChI is InChI=1S/C36H42N4O8/c1-17-18(2)34(46-7)32(42)29-22(17)13-24-26(15-37)40-25(30(29)39(24)4)14-23-28(31(41)35(47-8)19(3)33(23)45-6)27(40)16-38-36(43)48-21-11-9-20(44-5)10-12-21/h9-12,24-27,30,41-42H,13-14,16H2,1-8H3,(H,38,43)/t24-,25-,26-,27-,30-/m0/s1. The molecule has 0 spiro atoms. The van der Waals surface area contributed by atoms with Crippen LogP contribution in [0, 0.1) is 32.1 Å². The van der Waals surface area contributed by atoms with E-state index in [0.29, 0.717) is 47.0 Å². The number of hydrogen-bond acceptors (Lipinski definition) is 11. The third-order valence-electron chi connectivity index (χ3n) is 10.6. The van der Waals surface area contributed by atoms with Crippen LogP contribution < -0.4 is 29.0 Å². The maximum atomic E-state index is 13.2. The minimum absolute atomic E-state index is 0.00215. The Morgan fingerprint density at radius 3 is 2.02 bits per heavy atom. The maximum Gasteiger partial charge on any atom is 0.412 e. The molecule has 1 saturated heterocycles. The number of rotatable bonds is 7. The first-order valence-electron chi connectivity index (χ1n) is 15.9. The van der Waals surface area contributed by atoms with Gasteiger partial charge in [-0.1, -0.05) is 0 Å². The highest BCUT2D eigenvalue weighted by Gasteiger charge is 2.56. The predicted molar refractivity (Wildman–Crippen MR) is 177 cm³/mol. The fourth-order valence-electron chi connectivity index (χ4n) is 8.31. The minimum Gasteiger partial charge on any atom is -0.504 e. The fraction of sp³-hybridized carbons (Fsp3) is 0.444. The van der Waals surface area contributed by atoms with Crippen molar-refractivity contribution in [2.75, 3.05) is 42.0 Å². The molecule has 0 radical (unpaired) electrons. The second kappa shape index (κ2) is 12.6. The number of phenolic OH excluding ortho intramolecular Hbond substituents is 2. The molecule has 1 amide bonds. The Morgan fingerprint density at radius 1 is 0.833 bits per heavy atom. The van der Waals surface area contributed by atoms with Gasteiger partial charge in [-0.25, -0.2) is 4.79 Å². The summed E-state index contributed by atoms with van der Waals surface area (Å²) in [4.78, 5) is 17.5. The van der Waals surface area contributed by atoms with Gasteiger partial charge in [0.15, 0.2) is 23.0 Å². The third kappa shape index (κ3) is 4.91. The number of hydrogen-bond donors (Lipinski definition) is 3. The van der Waals surface area contributed by atoms with Crippen LogP contribution >= 0.6 is 0 Å². The first-order valence-corrected chi connectivity index (χ1v) is 15.9. The molecule has 5 atom stereocenters. The van der Waals surface area contributed by atoms with Crippen LogP contribution in [0.3, 0.4) is 0 Å². The van der Waals surface area contributed by atoms with Crippen molar-refractivity contribution >= 4 is 6.09 Å². The van der Waals surface area contributed by atoms with Gasteiger partial charge in [0.25, 0.3) is 0 Å². The van der Waals surface area contributed by atoms with Crippen molar-refractivity contribution in [3.8, 4) is 46.3 Å². The number of fused-ring (bicyclic) bond motifs is 7. The van der Waals surface area contributed by atoms with Gasteiger partial charge in [-0.15, -0.1) is 0 Å². The molecule has 0 saturated carbocycles. The number of nitrogens with one attached hydrogen (secondary N) is 1. The van der Waals surface area contributed by atoms with E-state index in [0.717, 1.165) is 27.8 Å². The number of nitriles is 1. The average molecular weight is 659 g/mol. The first kappa shape index (κ1) is 33.1. The van der Waals surface area contributed by atoms with Crippen LogP contribution in [-0.4, -0.2) is 86.3 Å². The summed E-state index contributed by atoms with van der Waals surface area (Å²) in [6.45, 7) is 5.79. The van der Waals surface area contributed by atoms with Gasteiger partial charge in [-0.3, -0.25) is 9.80 Å². The number of likely N-dealkylation sites (N-methyl/N-ethyl adjacent to an activating group) is 1. The molecule has 3 aliphatic rings. The van der Waals surface area contributed by atoms with E-state index < -0.39 is 18.2 Å². The Bertz CT molecular complexity index is 1800. The minimum atomic E-state index is -0.698. The van der Waals surface area contributed by atoms with Gasteiger partial charge < -0.3 is 39.2 Å². The molecule has 3 aromatic rings. The molecule has 254 valence electrons. The van der Waals surface area contributed by atoms with Crippen molar-refractivity contribution in [3.63, 3.8) is 0 Å². The summed E-state index contributed by atoms with van der Waals surface area (Å²) in [6.07, 6.45) is 0.209. The molecule has 3 N–H and O–H groups in total. The highest BCUT2D eigenvalue weighted by atomic mass is 16.6. The molecule has 3 aliphatic heterocycles. The molecule has 48 heavy (non-hydrogen) atoms. The van der Waals surface area contributed by atoms with E-state index in [1.165, 1.54) is 7.11 Å². The van der Waals surface area contributed by atoms with Crippen molar-refractivity contribution in [3.05, 3.63) is 63.2 Å². The van der Waals surface area contributed by atoms with Gasteiger partial charge in [0.1, 0.15) is 23.3 Å². The van der Waals surface area contributed by atoms with Crippen molar-refractivity contribution < 1.29 is 38.7 Å². The summed E-state index contributed by atoms with van der Waals surface area (Å²) in [5.74, 6) is 2.21. The zero-order chi connectivity index (χ0) is 34.6. The lowest BCUT2D eigenvalue weighted by Crippen LogP contribution is -2.68. The van der Waals surface area contributed by atoms with E-state index in [1.54, 1.807) is 45.6 Å². The zero-order valence-electron chi connectivity index (χ0n) is 28.5. The Hall–Kier alpha value is -4.86. The van der Waals surface area contributed by atoms with Crippen molar-refractivity contribution in [1.29, 1.82) is 5.26 Å². The summed E-state index contributed by atoms with van der Waals surface area (Å²) in [5.41, 5.74) is 5.57. The van der Waals surface area contributed by atoms with E-state index >= 15 is 0 Å². The molecule has 2 bridgehead atoms. The number of piperazine rings is 1. The number of carbonyl (C=O) groups excluding carboxylic acids is 1. The molecule has 3 aromatic carbocycles. The van der Waals surface area contributed by atoms with Gasteiger partial charge >= 0.3 is 6.09 Å². The number of benzene rings is 3. The summed E-state index contributed by atoms with van der Waals surface area (Å²) >= 11 is 0. The molecule has 3 heterocycles. The molecule has 6 rings (SSSR count). The van der Waals surface area contributed by atoms with Crippen LogP contribution in [0.4, 0.5) is 4.79 Å². The van der Waals surface area contributed by atoms with Crippen LogP contribution in [0.25, 0.3) is 0 Å². The normalized spacial score (nSPS) is 22.8. The van der Waals surface area contributed by atoms with Gasteiger partial charge in [-0.2, -0.15) is 5.26 Å². The maximum absolute atomic E-state index is 13.2. The highest BCUT2D eigenvalue weighted by molar-refractivity contribution is 5.71. The van der Waals surface area contributed by atoms with Crippen LogP contribution in [0.1, 0.15) is 51.0 Å². The van der Waals surface area contributed by atoms with Crippen LogP contribution in [0.15, 0.2) is 24.3 Å². The highest BCUT2D eigenvalue weighted by Crippen LogP contribution is 2.57. The molecule has 0 aliphatic carbocycles. The second-order valence-corrected chi connectivity index (χ2v) is 12.6. The Morgan fingerprint density at radius 2 is 1.42 bits per heavy atom. The summed E-state index contributed by atoms with van der Waals surface area (Å²) < 4.78 is 28.1. The van der Waals surface area contributed by atoms with Gasteiger partial charge in [0.05, 0.1) is 46.6 Å². The number of phenols is 2. The first-order chi connectivity index (χ1) is 23.0. The second-order valence-electron chi connectivity index (χ2n) is 12.6. The van der Waals surface area contributed by atoms with Gasteiger partial charge in [0, 0.05) is 40.9 Å². The molecule has 1 fully saturated rings. The van der Waals surface area contributed by atoms with E-state index in [1.807, 2.05) is 27.8 Å². The Balaban J connectivity index is 1.50. The molecule has 0 unspecified atom stereocenters. The molecular weight excluding hydrogens is 616 g/mol. The number of amides is 1. The van der Waals surface area contributed by atoms with E-state index in [2.05, 4.69) is 21.2 Å². The van der Waals surface area contributed by atoms with E-state index in [4.69, 9.17) is 23.7 Å². The van der Waals surface area contributed by atoms with Gasteiger partial charge in [0.2, 0.25) is 0 Å². The SMILES string of the molecule is COc1ccc(OC(=O)NC[C@H]2c3c(O)c(OC)c(C)c(OC)c3C[C@H]3[C@H]4c5c(O)c(OC)c(C)c(C)c5C[C@@H]([C@H](C#N)N23)N4C)cc1. The number of nitrogens with zero attached hydrogens (tertiary/aromatic N) is 3. The van der Waals surface area contributed by atoms with Crippen molar-refractivity contribution in [2.24, 2.45) is 0 Å². The number of methoxy groups -OCH3 is 4. The number of ether oxygens (including phenoxy) is 5. The summed E-state index contributed by atoms with van der Waals surface area (Å²) in [7, 11) is 8.15. The number of aromatic hydroxyl groups is 2. The zero-order valence-corrected chi connectivity index (χ0v) is 28.5. The van der Waals surface area contributed by atoms with E-state index in [-0.39, 0.29) is 41.9 Å². The van der Waals surface area contributed by atoms with Crippen LogP contribution in [0.2, 0.25) is 0 Å². The molecular formula is C36H42N4O8. The monoisotopic (exact) mass is 658 g/mol. The van der Waals surface area contributed by atoms with Crippen molar-refractivity contribution in [2.45, 2.75) is 63.8 Å². The summed E-state index contributed by atoms with van der Waals surface area (Å²) in [5, 5.41) is 37.3. The Labute approximate surface area is 280 Å². The largest absolute Gasteiger partial charge is 0.504 e. The third-order valence-corrected chi connectivity index (χ3v) is 10.6. The topological polar surface area (TPSA) is 146 Å². The lowest BCUT2D eigenvalue weighted by molar-refractivity contribution is -0.0723. The molecule has 0 aromatic heterocycles. The fourth-order valence-corrected chi connectivity index (χ4v) is 8.31. The lowest BCUT2D eigenvalue weighted by atomic mass is 9.70. The smallest absolute Gasteiger partial charge is 0.412 e. The van der Waals surface area contributed by atoms with Crippen LogP contribution in [0.5, 0.6) is 40.2 Å². The van der Waals surface area contributed by atoms with Crippen LogP contribution in [-0.2, 0) is 12.8 Å². The Kier molecular flexibility index (Phi) is 8.70. The summed E-state index contributed by atoms with van der Waals surface area (Å²) in [6, 6.07) is 6.92. The molecule has 12 heteroatoms. The number of carbonyl (C=O) groups is 1. The quantitative estimate of drug-likeness (QED) is 0.327. The van der Waals surface area contributed by atoms with E-state index in [9.17, 15) is 20.3 Å². The van der Waals surface area contributed by atoms with Crippen molar-refractivity contribution in [1.82, 2.24) is 15.1 Å². The van der Waals surface area contributed by atoms with Gasteiger partial charge in [-0.05, 0) is 81.6 Å². The lowest BCUT2D eigenvalue weighted by Gasteiger charge is -2.60. The molecule has 12 nitrogen and oxygen atoms in total. The average Bonchev–Trinajstić information content (AvgIpc) is 3.07.